The van der Waals surface area contributed by atoms with Gasteiger partial charge in [-0.2, -0.15) is 0 Å². The molecule has 0 radical (unpaired) electrons. The summed E-state index contributed by atoms with van der Waals surface area (Å²) in [7, 11) is 0. The number of ether oxygens (including phenoxy) is 1. The van der Waals surface area contributed by atoms with E-state index in [1.54, 1.807) is 11.2 Å². The Morgan fingerprint density at radius 3 is 2.48 bits per heavy atom. The summed E-state index contributed by atoms with van der Waals surface area (Å²) in [6.07, 6.45) is 7.01. The summed E-state index contributed by atoms with van der Waals surface area (Å²) in [6, 6.07) is 10.3. The van der Waals surface area contributed by atoms with Crippen molar-refractivity contribution in [3.63, 3.8) is 0 Å². The Kier molecular flexibility index (Phi) is 6.20. The van der Waals surface area contributed by atoms with Crippen molar-refractivity contribution in [1.29, 1.82) is 0 Å². The van der Waals surface area contributed by atoms with Crippen LogP contribution in [0.2, 0.25) is 0 Å². The summed E-state index contributed by atoms with van der Waals surface area (Å²) in [5.41, 5.74) is 0.647. The van der Waals surface area contributed by atoms with Crippen LogP contribution in [0.3, 0.4) is 0 Å². The van der Waals surface area contributed by atoms with Crippen LogP contribution in [0.4, 0.5) is 4.79 Å². The molecule has 0 saturated heterocycles. The Morgan fingerprint density at radius 1 is 1.22 bits per heavy atom. The van der Waals surface area contributed by atoms with Crippen molar-refractivity contribution >= 4 is 12.4 Å². The molecule has 1 aromatic carbocycles. The maximum Gasteiger partial charge on any atom is 0.415 e. The average molecular weight is 316 g/mol. The van der Waals surface area contributed by atoms with Crippen LogP contribution in [0, 0.1) is 0 Å². The van der Waals surface area contributed by atoms with Crippen LogP contribution >= 0.6 is 0 Å². The van der Waals surface area contributed by atoms with Crippen LogP contribution < -0.4 is 0 Å². The van der Waals surface area contributed by atoms with Crippen molar-refractivity contribution in [3.8, 4) is 0 Å². The third-order valence-corrected chi connectivity index (χ3v) is 3.90. The van der Waals surface area contributed by atoms with Crippen molar-refractivity contribution in [1.82, 2.24) is 4.90 Å². The molecule has 2 rings (SSSR count). The normalized spacial score (nSPS) is 16.5. The number of hydrogen-bond donors (Lipinski definition) is 0. The fourth-order valence-electron chi connectivity index (χ4n) is 2.78. The predicted molar refractivity (Wildman–Crippen MR) is 93.6 cm³/mol. The summed E-state index contributed by atoms with van der Waals surface area (Å²) >= 11 is 0. The van der Waals surface area contributed by atoms with Gasteiger partial charge in [0.25, 0.3) is 0 Å². The summed E-state index contributed by atoms with van der Waals surface area (Å²) < 4.78 is 5.55. The van der Waals surface area contributed by atoms with Gasteiger partial charge in [-0.25, -0.2) is 4.79 Å². The third-order valence-electron chi connectivity index (χ3n) is 3.90. The summed E-state index contributed by atoms with van der Waals surface area (Å²) in [5, 5.41) is 0. The highest BCUT2D eigenvalue weighted by molar-refractivity contribution is 5.83. The monoisotopic (exact) mass is 316 g/mol. The average Bonchev–Trinajstić information content (AvgIpc) is 2.51. The quantitative estimate of drug-likeness (QED) is 0.592. The second-order valence-corrected chi connectivity index (χ2v) is 7.12. The molecular formula is C19H28N2O2. The molecule has 1 aliphatic rings. The van der Waals surface area contributed by atoms with Gasteiger partial charge >= 0.3 is 6.09 Å². The first-order valence-corrected chi connectivity index (χ1v) is 8.51. The summed E-state index contributed by atoms with van der Waals surface area (Å²) in [5.74, 6) is 0. The lowest BCUT2D eigenvalue weighted by Crippen LogP contribution is -2.43. The summed E-state index contributed by atoms with van der Waals surface area (Å²) in [6.45, 7) is 6.26. The standard InChI is InChI=1S/C19H28N2O2/c1-19(2,3)23-18(22)21(17-12-8-5-9-13-17)15-20-14-16-10-6-4-7-11-16/h4,6-7,10-11,15,17H,5,8-9,12-14H2,1-3H3/b20-15+. The van der Waals surface area contributed by atoms with Crippen LogP contribution in [0.1, 0.15) is 58.4 Å². The van der Waals surface area contributed by atoms with Crippen LogP contribution in [-0.2, 0) is 11.3 Å². The van der Waals surface area contributed by atoms with Gasteiger partial charge in [0.1, 0.15) is 5.60 Å². The van der Waals surface area contributed by atoms with Gasteiger partial charge in [0, 0.05) is 6.04 Å². The number of carbonyl (C=O) groups excluding carboxylic acids is 1. The van der Waals surface area contributed by atoms with Crippen molar-refractivity contribution in [3.05, 3.63) is 35.9 Å². The van der Waals surface area contributed by atoms with Gasteiger partial charge in [0.2, 0.25) is 0 Å². The van der Waals surface area contributed by atoms with E-state index in [-0.39, 0.29) is 12.1 Å². The molecule has 4 nitrogen and oxygen atoms in total. The van der Waals surface area contributed by atoms with E-state index < -0.39 is 5.60 Å². The fraction of sp³-hybridized carbons (Fsp3) is 0.579. The smallest absolute Gasteiger partial charge is 0.415 e. The molecule has 0 aromatic heterocycles. The van der Waals surface area contributed by atoms with E-state index in [9.17, 15) is 4.79 Å². The van der Waals surface area contributed by atoms with Crippen molar-refractivity contribution in [2.24, 2.45) is 4.99 Å². The first kappa shape index (κ1) is 17.5. The second-order valence-electron chi connectivity index (χ2n) is 7.12. The van der Waals surface area contributed by atoms with Crippen molar-refractivity contribution < 1.29 is 9.53 Å². The van der Waals surface area contributed by atoms with Crippen LogP contribution in [-0.4, -0.2) is 29.0 Å². The number of benzene rings is 1. The molecular weight excluding hydrogens is 288 g/mol. The molecule has 0 bridgehead atoms. The van der Waals surface area contributed by atoms with Crippen molar-refractivity contribution in [2.45, 2.75) is 71.1 Å². The Labute approximate surface area is 139 Å². The number of rotatable bonds is 4. The largest absolute Gasteiger partial charge is 0.443 e. The van der Waals surface area contributed by atoms with Crippen molar-refractivity contribution in [2.75, 3.05) is 0 Å². The number of amides is 1. The Bertz CT molecular complexity index is 514. The van der Waals surface area contributed by atoms with Crippen LogP contribution in [0.15, 0.2) is 35.3 Å². The molecule has 0 unspecified atom stereocenters. The van der Waals surface area contributed by atoms with E-state index in [1.807, 2.05) is 51.1 Å². The molecule has 0 aliphatic heterocycles. The highest BCUT2D eigenvalue weighted by Crippen LogP contribution is 2.23. The molecule has 1 aromatic rings. The first-order valence-electron chi connectivity index (χ1n) is 8.51. The van der Waals surface area contributed by atoms with Gasteiger partial charge in [-0.1, -0.05) is 49.6 Å². The van der Waals surface area contributed by atoms with Crippen LogP contribution in [0.25, 0.3) is 0 Å². The van der Waals surface area contributed by atoms with E-state index in [2.05, 4.69) is 4.99 Å². The maximum absolute atomic E-state index is 12.5. The molecule has 1 amide bonds. The highest BCUT2D eigenvalue weighted by Gasteiger charge is 2.28. The number of carbonyl (C=O) groups is 1. The van der Waals surface area contributed by atoms with Gasteiger partial charge in [-0.05, 0) is 39.2 Å². The van der Waals surface area contributed by atoms with E-state index in [1.165, 1.54) is 6.42 Å². The third kappa shape index (κ3) is 6.05. The van der Waals surface area contributed by atoms with E-state index in [0.717, 1.165) is 31.2 Å². The zero-order valence-corrected chi connectivity index (χ0v) is 14.5. The zero-order chi connectivity index (χ0) is 16.7. The van der Waals surface area contributed by atoms with Gasteiger partial charge < -0.3 is 4.74 Å². The SMILES string of the molecule is CC(C)(C)OC(=O)N(/C=N/Cc1ccccc1)C1CCCCC1. The fourth-order valence-corrected chi connectivity index (χ4v) is 2.78. The maximum atomic E-state index is 12.5. The molecule has 1 fully saturated rings. The first-order chi connectivity index (χ1) is 11.0. The van der Waals surface area contributed by atoms with E-state index in [4.69, 9.17) is 4.74 Å². The molecule has 1 saturated carbocycles. The number of hydrogen-bond acceptors (Lipinski definition) is 3. The molecule has 0 spiro atoms. The molecule has 23 heavy (non-hydrogen) atoms. The second kappa shape index (κ2) is 8.14. The van der Waals surface area contributed by atoms with Gasteiger partial charge in [0.15, 0.2) is 0 Å². The lowest BCUT2D eigenvalue weighted by molar-refractivity contribution is 0.0295. The molecule has 0 atom stereocenters. The Hall–Kier alpha value is -1.84. The van der Waals surface area contributed by atoms with Gasteiger partial charge in [-0.3, -0.25) is 9.89 Å². The Balaban J connectivity index is 2.04. The molecule has 0 heterocycles. The molecule has 1 aliphatic carbocycles. The minimum absolute atomic E-state index is 0.207. The lowest BCUT2D eigenvalue weighted by atomic mass is 9.95. The molecule has 0 N–H and O–H groups in total. The minimum Gasteiger partial charge on any atom is -0.443 e. The summed E-state index contributed by atoms with van der Waals surface area (Å²) in [4.78, 5) is 18.7. The predicted octanol–water partition coefficient (Wildman–Crippen LogP) is 4.78. The number of nitrogens with zero attached hydrogens (tertiary/aromatic N) is 2. The molecule has 126 valence electrons. The van der Waals surface area contributed by atoms with Crippen LogP contribution in [0.5, 0.6) is 0 Å². The van der Waals surface area contributed by atoms with E-state index in [0.29, 0.717) is 6.54 Å². The Morgan fingerprint density at radius 2 is 1.87 bits per heavy atom. The molecule has 4 heteroatoms. The lowest BCUT2D eigenvalue weighted by Gasteiger charge is -2.32. The highest BCUT2D eigenvalue weighted by atomic mass is 16.6. The minimum atomic E-state index is -0.489. The number of aliphatic imine (C=N–C) groups is 1. The van der Waals surface area contributed by atoms with Gasteiger partial charge in [0.05, 0.1) is 12.9 Å². The van der Waals surface area contributed by atoms with Gasteiger partial charge in [-0.15, -0.1) is 0 Å². The van der Waals surface area contributed by atoms with E-state index >= 15 is 0 Å². The zero-order valence-electron chi connectivity index (χ0n) is 14.5. The topological polar surface area (TPSA) is 41.9 Å².